The van der Waals surface area contributed by atoms with Crippen LogP contribution in [0, 0.1) is 20.8 Å². The van der Waals surface area contributed by atoms with Gasteiger partial charge in [-0.05, 0) is 61.7 Å². The van der Waals surface area contributed by atoms with Gasteiger partial charge in [-0.15, -0.1) is 0 Å². The average molecular weight is 326 g/mol. The van der Waals surface area contributed by atoms with E-state index in [1.807, 2.05) is 26.8 Å². The van der Waals surface area contributed by atoms with E-state index in [1.54, 1.807) is 0 Å². The van der Waals surface area contributed by atoms with E-state index >= 15 is 0 Å². The van der Waals surface area contributed by atoms with Crippen molar-refractivity contribution < 1.29 is 13.2 Å². The van der Waals surface area contributed by atoms with E-state index in [0.29, 0.717) is 11.5 Å². The Morgan fingerprint density at radius 3 is 2.29 bits per heavy atom. The maximum absolute atomic E-state index is 11.3. The van der Waals surface area contributed by atoms with Crippen molar-refractivity contribution in [3.63, 3.8) is 0 Å². The molecule has 2 rings (SSSR count). The van der Waals surface area contributed by atoms with E-state index in [-0.39, 0.29) is 9.92 Å². The van der Waals surface area contributed by atoms with Gasteiger partial charge in [-0.25, -0.2) is 13.6 Å². The summed E-state index contributed by atoms with van der Waals surface area (Å²) in [4.78, 5) is -0.0444. The number of sulfonamides is 1. The highest BCUT2D eigenvalue weighted by Gasteiger charge is 2.13. The summed E-state index contributed by atoms with van der Waals surface area (Å²) in [6.45, 7) is 5.93. The molecular formula is C15H16ClNO3S. The second-order valence-electron chi connectivity index (χ2n) is 4.94. The predicted molar refractivity (Wildman–Crippen MR) is 83.6 cm³/mol. The van der Waals surface area contributed by atoms with Crippen LogP contribution in [0.1, 0.15) is 16.7 Å². The van der Waals surface area contributed by atoms with Gasteiger partial charge in [0, 0.05) is 0 Å². The number of aryl methyl sites for hydroxylation is 2. The fourth-order valence-electron chi connectivity index (χ4n) is 1.97. The van der Waals surface area contributed by atoms with Gasteiger partial charge in [0.05, 0.1) is 9.92 Å². The summed E-state index contributed by atoms with van der Waals surface area (Å²) in [7, 11) is -3.78. The Hall–Kier alpha value is -1.56. The van der Waals surface area contributed by atoms with Crippen LogP contribution in [0.4, 0.5) is 0 Å². The van der Waals surface area contributed by atoms with Crippen LogP contribution in [0.3, 0.4) is 0 Å². The van der Waals surface area contributed by atoms with Crippen LogP contribution < -0.4 is 9.88 Å². The minimum absolute atomic E-state index is 0.0444. The molecule has 0 heterocycles. The molecule has 0 aliphatic rings. The van der Waals surface area contributed by atoms with Gasteiger partial charge < -0.3 is 4.74 Å². The number of benzene rings is 2. The van der Waals surface area contributed by atoms with Crippen LogP contribution in [0.5, 0.6) is 11.5 Å². The first-order chi connectivity index (χ1) is 9.68. The van der Waals surface area contributed by atoms with E-state index in [0.717, 1.165) is 16.7 Å². The largest absolute Gasteiger partial charge is 0.456 e. The van der Waals surface area contributed by atoms with Crippen molar-refractivity contribution in [1.82, 2.24) is 0 Å². The van der Waals surface area contributed by atoms with Crippen LogP contribution in [-0.2, 0) is 10.0 Å². The van der Waals surface area contributed by atoms with Gasteiger partial charge in [0.2, 0.25) is 10.0 Å². The minimum atomic E-state index is -3.78. The third kappa shape index (κ3) is 3.56. The summed E-state index contributed by atoms with van der Waals surface area (Å²) in [5, 5.41) is 5.26. The molecule has 0 fully saturated rings. The molecule has 4 nitrogen and oxygen atoms in total. The number of hydrogen-bond acceptors (Lipinski definition) is 3. The van der Waals surface area contributed by atoms with E-state index in [4.69, 9.17) is 21.5 Å². The summed E-state index contributed by atoms with van der Waals surface area (Å²) in [6, 6.07) is 8.12. The molecule has 0 aliphatic carbocycles. The number of halogens is 1. The van der Waals surface area contributed by atoms with Crippen molar-refractivity contribution in [1.29, 1.82) is 0 Å². The summed E-state index contributed by atoms with van der Waals surface area (Å²) >= 11 is 6.07. The van der Waals surface area contributed by atoms with Crippen molar-refractivity contribution in [3.8, 4) is 11.5 Å². The van der Waals surface area contributed by atoms with Gasteiger partial charge in [0.15, 0.2) is 0 Å². The SMILES string of the molecule is Cc1cc(C)c(C)c(Oc2ccc(S(N)(=O)=O)cc2Cl)c1. The molecule has 2 aromatic carbocycles. The quantitative estimate of drug-likeness (QED) is 0.935. The number of ether oxygens (including phenoxy) is 1. The first-order valence-corrected chi connectivity index (χ1v) is 8.19. The van der Waals surface area contributed by atoms with Gasteiger partial charge in [-0.1, -0.05) is 17.7 Å². The Labute approximate surface area is 129 Å². The smallest absolute Gasteiger partial charge is 0.238 e. The maximum atomic E-state index is 11.3. The average Bonchev–Trinajstić information content (AvgIpc) is 2.36. The molecule has 112 valence electrons. The highest BCUT2D eigenvalue weighted by Crippen LogP contribution is 2.34. The molecule has 0 spiro atoms. The Kier molecular flexibility index (Phi) is 4.27. The van der Waals surface area contributed by atoms with E-state index in [9.17, 15) is 8.42 Å². The summed E-state index contributed by atoms with van der Waals surface area (Å²) in [5.41, 5.74) is 3.19. The molecule has 0 saturated carbocycles. The maximum Gasteiger partial charge on any atom is 0.238 e. The molecule has 6 heteroatoms. The normalized spacial score (nSPS) is 11.5. The van der Waals surface area contributed by atoms with Crippen LogP contribution in [0.15, 0.2) is 35.2 Å². The van der Waals surface area contributed by atoms with Crippen molar-refractivity contribution in [2.75, 3.05) is 0 Å². The Morgan fingerprint density at radius 2 is 1.71 bits per heavy atom. The van der Waals surface area contributed by atoms with Crippen molar-refractivity contribution in [3.05, 3.63) is 52.0 Å². The summed E-state index contributed by atoms with van der Waals surface area (Å²) in [6.07, 6.45) is 0. The fraction of sp³-hybridized carbons (Fsp3) is 0.200. The highest BCUT2D eigenvalue weighted by atomic mass is 35.5. The van der Waals surface area contributed by atoms with E-state index < -0.39 is 10.0 Å². The molecule has 0 bridgehead atoms. The molecular weight excluding hydrogens is 310 g/mol. The Bertz CT molecular complexity index is 801. The summed E-state index contributed by atoms with van der Waals surface area (Å²) < 4.78 is 28.4. The van der Waals surface area contributed by atoms with Crippen LogP contribution in [-0.4, -0.2) is 8.42 Å². The van der Waals surface area contributed by atoms with Gasteiger partial charge in [0.1, 0.15) is 11.5 Å². The van der Waals surface area contributed by atoms with Crippen molar-refractivity contribution >= 4 is 21.6 Å². The highest BCUT2D eigenvalue weighted by molar-refractivity contribution is 7.89. The van der Waals surface area contributed by atoms with Crippen LogP contribution in [0.2, 0.25) is 5.02 Å². The molecule has 2 N–H and O–H groups in total. The van der Waals surface area contributed by atoms with E-state index in [2.05, 4.69) is 6.07 Å². The van der Waals surface area contributed by atoms with Crippen molar-refractivity contribution in [2.24, 2.45) is 5.14 Å². The third-order valence-electron chi connectivity index (χ3n) is 3.22. The van der Waals surface area contributed by atoms with Gasteiger partial charge in [-0.3, -0.25) is 0 Å². The molecule has 0 unspecified atom stereocenters. The molecule has 0 aromatic heterocycles. The molecule has 2 aromatic rings. The molecule has 0 saturated heterocycles. The van der Waals surface area contributed by atoms with Gasteiger partial charge in [0.25, 0.3) is 0 Å². The molecule has 0 amide bonds. The lowest BCUT2D eigenvalue weighted by Crippen LogP contribution is -2.11. The van der Waals surface area contributed by atoms with Crippen molar-refractivity contribution in [2.45, 2.75) is 25.7 Å². The third-order valence-corrected chi connectivity index (χ3v) is 4.42. The second-order valence-corrected chi connectivity index (χ2v) is 6.91. The first-order valence-electron chi connectivity index (χ1n) is 6.26. The van der Waals surface area contributed by atoms with E-state index in [1.165, 1.54) is 18.2 Å². The van der Waals surface area contributed by atoms with Gasteiger partial charge in [-0.2, -0.15) is 0 Å². The number of rotatable bonds is 3. The van der Waals surface area contributed by atoms with Crippen LogP contribution in [0.25, 0.3) is 0 Å². The molecule has 21 heavy (non-hydrogen) atoms. The zero-order valence-electron chi connectivity index (χ0n) is 12.0. The molecule has 0 atom stereocenters. The number of nitrogens with two attached hydrogens (primary N) is 1. The first kappa shape index (κ1) is 15.8. The Balaban J connectivity index is 2.42. The minimum Gasteiger partial charge on any atom is -0.456 e. The lowest BCUT2D eigenvalue weighted by atomic mass is 10.1. The van der Waals surface area contributed by atoms with Crippen LogP contribution >= 0.6 is 11.6 Å². The number of primary sulfonamides is 1. The zero-order chi connectivity index (χ0) is 15.8. The standard InChI is InChI=1S/C15H16ClNO3S/c1-9-6-10(2)11(3)15(7-9)20-14-5-4-12(8-13(14)16)21(17,18)19/h4-8H,1-3H3,(H2,17,18,19). The van der Waals surface area contributed by atoms with Gasteiger partial charge >= 0.3 is 0 Å². The lowest BCUT2D eigenvalue weighted by molar-refractivity contribution is 0.477. The zero-order valence-corrected chi connectivity index (χ0v) is 13.5. The molecule has 0 aliphatic heterocycles. The fourth-order valence-corrected chi connectivity index (χ4v) is 2.79. The second kappa shape index (κ2) is 5.67. The molecule has 0 radical (unpaired) electrons. The Morgan fingerprint density at radius 1 is 1.05 bits per heavy atom. The predicted octanol–water partition coefficient (Wildman–Crippen LogP) is 3.70. The lowest BCUT2D eigenvalue weighted by Gasteiger charge is -2.13. The monoisotopic (exact) mass is 325 g/mol. The topological polar surface area (TPSA) is 69.4 Å². The number of hydrogen-bond donors (Lipinski definition) is 1. The summed E-state index contributed by atoms with van der Waals surface area (Å²) in [5.74, 6) is 1.08.